The van der Waals surface area contributed by atoms with Crippen LogP contribution in [0.25, 0.3) is 0 Å². The standard InChI is InChI=1S/C14H22N2/c1-12-4-3-5-13(8-12)9-14(2)10-15-6-7-16-11-14/h3-5,8,15-16H,6-7,9-11H2,1-2H3. The summed E-state index contributed by atoms with van der Waals surface area (Å²) < 4.78 is 0. The lowest BCUT2D eigenvalue weighted by Crippen LogP contribution is -2.37. The number of rotatable bonds is 2. The monoisotopic (exact) mass is 218 g/mol. The summed E-state index contributed by atoms with van der Waals surface area (Å²) in [4.78, 5) is 0. The molecule has 2 N–H and O–H groups in total. The van der Waals surface area contributed by atoms with Crippen LogP contribution in [0.15, 0.2) is 24.3 Å². The lowest BCUT2D eigenvalue weighted by Gasteiger charge is -2.28. The van der Waals surface area contributed by atoms with Gasteiger partial charge >= 0.3 is 0 Å². The van der Waals surface area contributed by atoms with Crippen molar-refractivity contribution in [3.8, 4) is 0 Å². The number of nitrogens with one attached hydrogen (secondary N) is 2. The maximum absolute atomic E-state index is 3.51. The Hall–Kier alpha value is -0.860. The molecule has 1 fully saturated rings. The molecule has 88 valence electrons. The first-order chi connectivity index (χ1) is 7.68. The average Bonchev–Trinajstić information content (AvgIpc) is 2.43. The lowest BCUT2D eigenvalue weighted by molar-refractivity contribution is 0.314. The second kappa shape index (κ2) is 4.98. The van der Waals surface area contributed by atoms with Crippen LogP contribution in [0.4, 0.5) is 0 Å². The third-order valence-electron chi connectivity index (χ3n) is 3.30. The van der Waals surface area contributed by atoms with Crippen molar-refractivity contribution in [1.29, 1.82) is 0 Å². The maximum atomic E-state index is 3.51. The SMILES string of the molecule is Cc1cccc(CC2(C)CNCCNC2)c1. The molecule has 0 aliphatic carbocycles. The minimum Gasteiger partial charge on any atom is -0.315 e. The van der Waals surface area contributed by atoms with Gasteiger partial charge < -0.3 is 10.6 Å². The first-order valence-corrected chi connectivity index (χ1v) is 6.15. The Kier molecular flexibility index (Phi) is 3.62. The van der Waals surface area contributed by atoms with Gasteiger partial charge in [-0.3, -0.25) is 0 Å². The summed E-state index contributed by atoms with van der Waals surface area (Å²) in [6.07, 6.45) is 1.15. The fourth-order valence-electron chi connectivity index (χ4n) is 2.46. The van der Waals surface area contributed by atoms with Crippen molar-refractivity contribution < 1.29 is 0 Å². The largest absolute Gasteiger partial charge is 0.315 e. The lowest BCUT2D eigenvalue weighted by atomic mass is 9.83. The highest BCUT2D eigenvalue weighted by Gasteiger charge is 2.25. The quantitative estimate of drug-likeness (QED) is 0.790. The first kappa shape index (κ1) is 11.6. The van der Waals surface area contributed by atoms with E-state index in [9.17, 15) is 0 Å². The van der Waals surface area contributed by atoms with Crippen LogP contribution < -0.4 is 10.6 Å². The molecule has 0 amide bonds. The van der Waals surface area contributed by atoms with Crippen molar-refractivity contribution >= 4 is 0 Å². The molecule has 0 saturated carbocycles. The zero-order chi connectivity index (χ0) is 11.4. The molecule has 1 aromatic rings. The Bertz CT molecular complexity index is 338. The minimum absolute atomic E-state index is 0.338. The Balaban J connectivity index is 2.06. The van der Waals surface area contributed by atoms with E-state index in [1.807, 2.05) is 0 Å². The van der Waals surface area contributed by atoms with Gasteiger partial charge in [0.1, 0.15) is 0 Å². The molecule has 2 nitrogen and oxygen atoms in total. The number of aryl methyl sites for hydroxylation is 1. The van der Waals surface area contributed by atoms with Gasteiger partial charge in [-0.05, 0) is 24.3 Å². The highest BCUT2D eigenvalue weighted by Crippen LogP contribution is 2.22. The van der Waals surface area contributed by atoms with Gasteiger partial charge in [-0.2, -0.15) is 0 Å². The molecular formula is C14H22N2. The van der Waals surface area contributed by atoms with Crippen LogP contribution in [0, 0.1) is 12.3 Å². The summed E-state index contributed by atoms with van der Waals surface area (Å²) in [5.41, 5.74) is 3.15. The molecule has 1 saturated heterocycles. The van der Waals surface area contributed by atoms with Gasteiger partial charge in [-0.25, -0.2) is 0 Å². The van der Waals surface area contributed by atoms with E-state index in [-0.39, 0.29) is 0 Å². The molecule has 0 atom stereocenters. The van der Waals surface area contributed by atoms with Crippen LogP contribution in [-0.2, 0) is 6.42 Å². The van der Waals surface area contributed by atoms with Crippen molar-refractivity contribution in [1.82, 2.24) is 10.6 Å². The van der Waals surface area contributed by atoms with Crippen molar-refractivity contribution in [2.45, 2.75) is 20.3 Å². The van der Waals surface area contributed by atoms with E-state index < -0.39 is 0 Å². The van der Waals surface area contributed by atoms with E-state index in [0.29, 0.717) is 5.41 Å². The van der Waals surface area contributed by atoms with E-state index in [1.54, 1.807) is 0 Å². The fraction of sp³-hybridized carbons (Fsp3) is 0.571. The van der Waals surface area contributed by atoms with Crippen LogP contribution in [0.5, 0.6) is 0 Å². The number of benzene rings is 1. The van der Waals surface area contributed by atoms with Crippen LogP contribution in [-0.4, -0.2) is 26.2 Å². The van der Waals surface area contributed by atoms with Gasteiger partial charge in [-0.15, -0.1) is 0 Å². The second-order valence-electron chi connectivity index (χ2n) is 5.33. The molecule has 0 radical (unpaired) electrons. The Labute approximate surface area is 98.4 Å². The van der Waals surface area contributed by atoms with E-state index in [0.717, 1.165) is 32.6 Å². The molecule has 1 aromatic carbocycles. The average molecular weight is 218 g/mol. The molecule has 1 aliphatic heterocycles. The normalized spacial score (nSPS) is 20.4. The van der Waals surface area contributed by atoms with Crippen molar-refractivity contribution in [2.75, 3.05) is 26.2 Å². The van der Waals surface area contributed by atoms with E-state index in [1.165, 1.54) is 11.1 Å². The highest BCUT2D eigenvalue weighted by atomic mass is 15.0. The van der Waals surface area contributed by atoms with Crippen LogP contribution in [0.1, 0.15) is 18.1 Å². The zero-order valence-electron chi connectivity index (χ0n) is 10.3. The summed E-state index contributed by atoms with van der Waals surface area (Å²) in [5.74, 6) is 0. The van der Waals surface area contributed by atoms with Crippen molar-refractivity contribution in [2.24, 2.45) is 5.41 Å². The van der Waals surface area contributed by atoms with Crippen molar-refractivity contribution in [3.05, 3.63) is 35.4 Å². The molecule has 0 aromatic heterocycles. The fourth-order valence-corrected chi connectivity index (χ4v) is 2.46. The van der Waals surface area contributed by atoms with Crippen molar-refractivity contribution in [3.63, 3.8) is 0 Å². The summed E-state index contributed by atoms with van der Waals surface area (Å²) in [7, 11) is 0. The Morgan fingerprint density at radius 3 is 2.50 bits per heavy atom. The highest BCUT2D eigenvalue weighted by molar-refractivity contribution is 5.23. The second-order valence-corrected chi connectivity index (χ2v) is 5.33. The summed E-state index contributed by atoms with van der Waals surface area (Å²) in [5, 5.41) is 7.02. The van der Waals surface area contributed by atoms with Crippen LogP contribution in [0.2, 0.25) is 0 Å². The number of hydrogen-bond acceptors (Lipinski definition) is 2. The molecule has 0 spiro atoms. The molecule has 2 rings (SSSR count). The van der Waals surface area contributed by atoms with E-state index in [4.69, 9.17) is 0 Å². The first-order valence-electron chi connectivity index (χ1n) is 6.15. The van der Waals surface area contributed by atoms with Gasteiger partial charge in [0.25, 0.3) is 0 Å². The van der Waals surface area contributed by atoms with Crippen LogP contribution in [0.3, 0.4) is 0 Å². The van der Waals surface area contributed by atoms with Gasteiger partial charge in [0.05, 0.1) is 0 Å². The molecule has 1 heterocycles. The van der Waals surface area contributed by atoms with Crippen LogP contribution >= 0.6 is 0 Å². The van der Waals surface area contributed by atoms with E-state index >= 15 is 0 Å². The maximum Gasteiger partial charge on any atom is 0.00769 e. The van der Waals surface area contributed by atoms with Gasteiger partial charge in [-0.1, -0.05) is 36.8 Å². The zero-order valence-corrected chi connectivity index (χ0v) is 10.3. The van der Waals surface area contributed by atoms with E-state index in [2.05, 4.69) is 48.7 Å². The topological polar surface area (TPSA) is 24.1 Å². The Morgan fingerprint density at radius 2 is 1.88 bits per heavy atom. The molecule has 1 aliphatic rings. The van der Waals surface area contributed by atoms with Gasteiger partial charge in [0.2, 0.25) is 0 Å². The third-order valence-corrected chi connectivity index (χ3v) is 3.30. The molecule has 0 unspecified atom stereocenters. The Morgan fingerprint density at radius 1 is 1.19 bits per heavy atom. The minimum atomic E-state index is 0.338. The molecule has 2 heteroatoms. The van der Waals surface area contributed by atoms with Gasteiger partial charge in [0.15, 0.2) is 0 Å². The predicted molar refractivity (Wildman–Crippen MR) is 68.7 cm³/mol. The molecule has 16 heavy (non-hydrogen) atoms. The smallest absolute Gasteiger partial charge is 0.00769 e. The van der Waals surface area contributed by atoms with Gasteiger partial charge in [0, 0.05) is 26.2 Å². The predicted octanol–water partition coefficient (Wildman–Crippen LogP) is 1.74. The summed E-state index contributed by atoms with van der Waals surface area (Å²) in [6.45, 7) is 8.91. The summed E-state index contributed by atoms with van der Waals surface area (Å²) in [6, 6.07) is 8.86. The molecule has 0 bridgehead atoms. The summed E-state index contributed by atoms with van der Waals surface area (Å²) >= 11 is 0. The third kappa shape index (κ3) is 3.06. The molecular weight excluding hydrogens is 196 g/mol. The number of hydrogen-bond donors (Lipinski definition) is 2.